The fraction of sp³-hybridized carbons (Fsp3) is 0.923. The average molecular weight is 243 g/mol. The van der Waals surface area contributed by atoms with E-state index in [1.54, 1.807) is 0 Å². The first kappa shape index (κ1) is 14.5. The van der Waals surface area contributed by atoms with Crippen LogP contribution >= 0.6 is 0 Å². The second-order valence-electron chi connectivity index (χ2n) is 4.78. The van der Waals surface area contributed by atoms with Gasteiger partial charge in [0.1, 0.15) is 6.04 Å². The highest BCUT2D eigenvalue weighted by Crippen LogP contribution is 2.12. The molecule has 0 spiro atoms. The largest absolute Gasteiger partial charge is 0.480 e. The van der Waals surface area contributed by atoms with Crippen LogP contribution in [0.25, 0.3) is 0 Å². The molecule has 0 aliphatic carbocycles. The Morgan fingerprint density at radius 3 is 2.88 bits per heavy atom. The van der Waals surface area contributed by atoms with Crippen LogP contribution in [0.15, 0.2) is 0 Å². The molecule has 0 aromatic rings. The maximum atomic E-state index is 11.1. The SMILES string of the molecule is CCCCCCC(NCC1CCCO1)C(=O)O. The molecule has 2 N–H and O–H groups in total. The van der Waals surface area contributed by atoms with Crippen LogP contribution in [-0.4, -0.2) is 36.4 Å². The van der Waals surface area contributed by atoms with Crippen LogP contribution in [0.1, 0.15) is 51.9 Å². The second-order valence-corrected chi connectivity index (χ2v) is 4.78. The Bertz CT molecular complexity index is 215. The molecule has 2 atom stereocenters. The first-order valence-corrected chi connectivity index (χ1v) is 6.81. The maximum Gasteiger partial charge on any atom is 0.320 e. The fourth-order valence-corrected chi connectivity index (χ4v) is 2.17. The molecule has 1 heterocycles. The van der Waals surface area contributed by atoms with Crippen LogP contribution in [0.5, 0.6) is 0 Å². The quantitative estimate of drug-likeness (QED) is 0.609. The molecule has 0 aromatic carbocycles. The van der Waals surface area contributed by atoms with E-state index < -0.39 is 12.0 Å². The van der Waals surface area contributed by atoms with Crippen molar-refractivity contribution in [2.45, 2.75) is 64.0 Å². The lowest BCUT2D eigenvalue weighted by Crippen LogP contribution is -2.40. The normalized spacial score (nSPS) is 21.6. The van der Waals surface area contributed by atoms with Crippen LogP contribution in [0.4, 0.5) is 0 Å². The van der Waals surface area contributed by atoms with Crippen molar-refractivity contribution in [2.24, 2.45) is 0 Å². The van der Waals surface area contributed by atoms with E-state index in [-0.39, 0.29) is 6.10 Å². The van der Waals surface area contributed by atoms with Gasteiger partial charge in [0.2, 0.25) is 0 Å². The van der Waals surface area contributed by atoms with Crippen molar-refractivity contribution in [1.82, 2.24) is 5.32 Å². The third kappa shape index (κ3) is 6.03. The van der Waals surface area contributed by atoms with E-state index in [1.807, 2.05) is 0 Å². The lowest BCUT2D eigenvalue weighted by atomic mass is 10.1. The third-order valence-corrected chi connectivity index (χ3v) is 3.26. The Kier molecular flexibility index (Phi) is 7.21. The van der Waals surface area contributed by atoms with Gasteiger partial charge in [-0.2, -0.15) is 0 Å². The number of rotatable bonds is 9. The number of unbranched alkanes of at least 4 members (excludes halogenated alkanes) is 3. The molecule has 0 radical (unpaired) electrons. The third-order valence-electron chi connectivity index (χ3n) is 3.26. The predicted molar refractivity (Wildman–Crippen MR) is 67.2 cm³/mol. The van der Waals surface area contributed by atoms with Gasteiger partial charge in [-0.25, -0.2) is 0 Å². The van der Waals surface area contributed by atoms with Gasteiger partial charge in [-0.15, -0.1) is 0 Å². The number of hydrogen-bond donors (Lipinski definition) is 2. The molecule has 2 unspecified atom stereocenters. The summed E-state index contributed by atoms with van der Waals surface area (Å²) in [6.07, 6.45) is 7.58. The summed E-state index contributed by atoms with van der Waals surface area (Å²) in [6, 6.07) is -0.406. The van der Waals surface area contributed by atoms with Gasteiger partial charge in [0.05, 0.1) is 6.10 Å². The van der Waals surface area contributed by atoms with Crippen LogP contribution in [0, 0.1) is 0 Å². The molecule has 0 saturated carbocycles. The lowest BCUT2D eigenvalue weighted by molar-refractivity contribution is -0.139. The Morgan fingerprint density at radius 1 is 1.47 bits per heavy atom. The van der Waals surface area contributed by atoms with Crippen molar-refractivity contribution in [3.8, 4) is 0 Å². The standard InChI is InChI=1S/C13H25NO3/c1-2-3-4-5-8-12(13(15)16)14-10-11-7-6-9-17-11/h11-12,14H,2-10H2,1H3,(H,15,16). The van der Waals surface area contributed by atoms with E-state index in [4.69, 9.17) is 9.84 Å². The molecule has 1 saturated heterocycles. The second kappa shape index (κ2) is 8.48. The molecule has 4 heteroatoms. The summed E-state index contributed by atoms with van der Waals surface area (Å²) < 4.78 is 5.47. The molecule has 100 valence electrons. The molecule has 4 nitrogen and oxygen atoms in total. The number of hydrogen-bond acceptors (Lipinski definition) is 3. The summed E-state index contributed by atoms with van der Waals surface area (Å²) in [4.78, 5) is 11.1. The number of ether oxygens (including phenoxy) is 1. The zero-order valence-electron chi connectivity index (χ0n) is 10.8. The van der Waals surface area contributed by atoms with Gasteiger partial charge in [-0.3, -0.25) is 4.79 Å². The highest BCUT2D eigenvalue weighted by molar-refractivity contribution is 5.73. The Morgan fingerprint density at radius 2 is 2.29 bits per heavy atom. The van der Waals surface area contributed by atoms with E-state index >= 15 is 0 Å². The summed E-state index contributed by atoms with van der Waals surface area (Å²) in [5, 5.41) is 12.2. The summed E-state index contributed by atoms with van der Waals surface area (Å²) in [6.45, 7) is 3.65. The fourth-order valence-electron chi connectivity index (χ4n) is 2.17. The highest BCUT2D eigenvalue weighted by Gasteiger charge is 2.20. The molecule has 1 aliphatic rings. The monoisotopic (exact) mass is 243 g/mol. The molecule has 1 aliphatic heterocycles. The number of carboxylic acids is 1. The van der Waals surface area contributed by atoms with Crippen LogP contribution < -0.4 is 5.32 Å². The van der Waals surface area contributed by atoms with E-state index in [1.165, 1.54) is 12.8 Å². The zero-order valence-corrected chi connectivity index (χ0v) is 10.8. The van der Waals surface area contributed by atoms with Crippen molar-refractivity contribution in [2.75, 3.05) is 13.2 Å². The minimum atomic E-state index is -0.737. The van der Waals surface area contributed by atoms with Crippen molar-refractivity contribution in [3.05, 3.63) is 0 Å². The topological polar surface area (TPSA) is 58.6 Å². The Balaban J connectivity index is 2.15. The van der Waals surface area contributed by atoms with Gasteiger partial charge in [0.15, 0.2) is 0 Å². The van der Waals surface area contributed by atoms with Crippen LogP contribution in [0.2, 0.25) is 0 Å². The smallest absolute Gasteiger partial charge is 0.320 e. The van der Waals surface area contributed by atoms with Crippen molar-refractivity contribution in [3.63, 3.8) is 0 Å². The number of carboxylic acid groups (broad SMARTS) is 1. The van der Waals surface area contributed by atoms with E-state index in [9.17, 15) is 4.79 Å². The van der Waals surface area contributed by atoms with Gasteiger partial charge >= 0.3 is 5.97 Å². The van der Waals surface area contributed by atoms with Gasteiger partial charge in [0, 0.05) is 13.2 Å². The minimum absolute atomic E-state index is 0.215. The van der Waals surface area contributed by atoms with Crippen molar-refractivity contribution >= 4 is 5.97 Å². The summed E-state index contributed by atoms with van der Waals surface area (Å²) in [5.41, 5.74) is 0. The molecular weight excluding hydrogens is 218 g/mol. The maximum absolute atomic E-state index is 11.1. The molecule has 0 amide bonds. The van der Waals surface area contributed by atoms with Gasteiger partial charge in [0.25, 0.3) is 0 Å². The van der Waals surface area contributed by atoms with Crippen molar-refractivity contribution in [1.29, 1.82) is 0 Å². The molecule has 0 bridgehead atoms. The van der Waals surface area contributed by atoms with Gasteiger partial charge < -0.3 is 15.2 Å². The summed E-state index contributed by atoms with van der Waals surface area (Å²) in [7, 11) is 0. The molecule has 0 aromatic heterocycles. The Hall–Kier alpha value is -0.610. The number of aliphatic carboxylic acids is 1. The van der Waals surface area contributed by atoms with E-state index in [0.29, 0.717) is 6.54 Å². The minimum Gasteiger partial charge on any atom is -0.480 e. The molecule has 17 heavy (non-hydrogen) atoms. The summed E-state index contributed by atoms with van der Waals surface area (Å²) >= 11 is 0. The van der Waals surface area contributed by atoms with Crippen LogP contribution in [0.3, 0.4) is 0 Å². The van der Waals surface area contributed by atoms with E-state index in [0.717, 1.165) is 38.7 Å². The number of carbonyl (C=O) groups is 1. The molecule has 1 rings (SSSR count). The Labute approximate surface area is 104 Å². The molecular formula is C13H25NO3. The average Bonchev–Trinajstić information content (AvgIpc) is 2.80. The summed E-state index contributed by atoms with van der Waals surface area (Å²) in [5.74, 6) is -0.737. The van der Waals surface area contributed by atoms with Gasteiger partial charge in [-0.1, -0.05) is 32.6 Å². The van der Waals surface area contributed by atoms with Crippen molar-refractivity contribution < 1.29 is 14.6 Å². The van der Waals surface area contributed by atoms with E-state index in [2.05, 4.69) is 12.2 Å². The zero-order chi connectivity index (χ0) is 12.5. The first-order valence-electron chi connectivity index (χ1n) is 6.81. The number of nitrogens with one attached hydrogen (secondary N) is 1. The molecule has 1 fully saturated rings. The predicted octanol–water partition coefficient (Wildman–Crippen LogP) is 2.18. The van der Waals surface area contributed by atoms with Crippen LogP contribution in [-0.2, 0) is 9.53 Å². The van der Waals surface area contributed by atoms with Gasteiger partial charge in [-0.05, 0) is 19.3 Å². The highest BCUT2D eigenvalue weighted by atomic mass is 16.5. The lowest BCUT2D eigenvalue weighted by Gasteiger charge is -2.17. The first-order chi connectivity index (χ1) is 8.24.